The Morgan fingerprint density at radius 2 is 1.62 bits per heavy atom. The van der Waals surface area contributed by atoms with E-state index in [-0.39, 0.29) is 55.9 Å². The van der Waals surface area contributed by atoms with E-state index < -0.39 is 17.9 Å². The van der Waals surface area contributed by atoms with Crippen molar-refractivity contribution in [1.82, 2.24) is 10.2 Å². The van der Waals surface area contributed by atoms with Gasteiger partial charge in [0.1, 0.15) is 6.61 Å². The number of nitrogens with zero attached hydrogens (tertiary/aromatic N) is 1. The van der Waals surface area contributed by atoms with Crippen LogP contribution < -0.4 is 11.1 Å². The van der Waals surface area contributed by atoms with Crippen LogP contribution in [0.25, 0.3) is 0 Å². The summed E-state index contributed by atoms with van der Waals surface area (Å²) in [6.45, 7) is 1.66. The van der Waals surface area contributed by atoms with E-state index in [9.17, 15) is 19.2 Å². The Kier molecular flexibility index (Phi) is 8.80. The summed E-state index contributed by atoms with van der Waals surface area (Å²) >= 11 is 6.52. The van der Waals surface area contributed by atoms with Crippen molar-refractivity contribution < 1.29 is 33.4 Å². The Morgan fingerprint density at radius 1 is 0.974 bits per heavy atom. The molecule has 10 nitrogen and oxygen atoms in total. The van der Waals surface area contributed by atoms with Gasteiger partial charge in [-0.15, -0.1) is 0 Å². The molecular formula is C28H28ClN3O7. The number of nitrogens with one attached hydrogen (secondary N) is 1. The summed E-state index contributed by atoms with van der Waals surface area (Å²) in [5.41, 5.74) is 7.84. The molecule has 0 radical (unpaired) electrons. The first-order valence-electron chi connectivity index (χ1n) is 12.2. The molecule has 2 aliphatic rings. The number of carbonyl (C=O) groups excluding carboxylic acids is 4. The lowest BCUT2D eigenvalue weighted by molar-refractivity contribution is -0.139. The second kappa shape index (κ2) is 12.2. The largest absolute Gasteiger partial charge is 0.466 e. The first-order valence-corrected chi connectivity index (χ1v) is 12.6. The van der Waals surface area contributed by atoms with E-state index in [0.717, 1.165) is 4.90 Å². The highest BCUT2D eigenvalue weighted by atomic mass is 35.5. The van der Waals surface area contributed by atoms with Crippen molar-refractivity contribution >= 4 is 35.4 Å². The van der Waals surface area contributed by atoms with Crippen molar-refractivity contribution in [1.29, 1.82) is 0 Å². The molecule has 4 rings (SSSR count). The molecule has 0 aromatic heterocycles. The van der Waals surface area contributed by atoms with Gasteiger partial charge in [-0.2, -0.15) is 0 Å². The van der Waals surface area contributed by atoms with Gasteiger partial charge >= 0.3 is 11.9 Å². The number of fused-ring (bicyclic) bond motifs is 1. The van der Waals surface area contributed by atoms with Crippen LogP contribution >= 0.6 is 11.6 Å². The molecule has 0 saturated heterocycles. The number of allylic oxidation sites excluding steroid dienone is 1. The van der Waals surface area contributed by atoms with Gasteiger partial charge in [0, 0.05) is 17.3 Å². The number of hydrogen-bond acceptors (Lipinski definition) is 9. The molecule has 1 atom stereocenters. The summed E-state index contributed by atoms with van der Waals surface area (Å²) in [7, 11) is 1.25. The number of ether oxygens (including phenoxy) is 3. The monoisotopic (exact) mass is 553 g/mol. The molecule has 1 unspecified atom stereocenters. The van der Waals surface area contributed by atoms with Crippen LogP contribution in [0.1, 0.15) is 39.1 Å². The van der Waals surface area contributed by atoms with Crippen LogP contribution in [-0.4, -0.2) is 68.7 Å². The van der Waals surface area contributed by atoms with Gasteiger partial charge in [0.15, 0.2) is 0 Å². The smallest absolute Gasteiger partial charge is 0.336 e. The summed E-state index contributed by atoms with van der Waals surface area (Å²) in [4.78, 5) is 52.6. The molecule has 2 aromatic carbocycles. The fraction of sp³-hybridized carbons (Fsp3) is 0.286. The van der Waals surface area contributed by atoms with Crippen molar-refractivity contribution in [3.8, 4) is 0 Å². The van der Waals surface area contributed by atoms with Crippen molar-refractivity contribution in [3.63, 3.8) is 0 Å². The number of benzene rings is 2. The molecule has 11 heteroatoms. The van der Waals surface area contributed by atoms with E-state index in [1.807, 2.05) is 0 Å². The number of amides is 2. The summed E-state index contributed by atoms with van der Waals surface area (Å²) in [6.07, 6.45) is 0. The van der Waals surface area contributed by atoms with E-state index in [4.69, 9.17) is 31.5 Å². The Morgan fingerprint density at radius 3 is 2.23 bits per heavy atom. The minimum Gasteiger partial charge on any atom is -0.466 e. The van der Waals surface area contributed by atoms with Crippen LogP contribution in [-0.2, 0) is 23.8 Å². The number of rotatable bonds is 10. The Labute approximate surface area is 230 Å². The molecule has 2 amide bonds. The summed E-state index contributed by atoms with van der Waals surface area (Å²) < 4.78 is 16.2. The maximum atomic E-state index is 13.3. The number of hydrogen-bond donors (Lipinski definition) is 2. The highest BCUT2D eigenvalue weighted by Gasteiger charge is 2.40. The zero-order valence-electron chi connectivity index (χ0n) is 21.5. The molecule has 2 aliphatic heterocycles. The second-order valence-electron chi connectivity index (χ2n) is 8.79. The molecule has 0 aliphatic carbocycles. The molecule has 2 aromatic rings. The third-order valence-corrected chi connectivity index (χ3v) is 6.77. The first kappa shape index (κ1) is 28.0. The number of halogens is 1. The standard InChI is InChI=1S/C28H28ClN3O7/c1-16-22(27(35)37-2)23(19-9-5-6-10-20(19)29)24(28(36)39-13-11-30)21(31-16)15-38-14-12-32-25(33)17-7-3-4-8-18(17)26(32)34/h3-10,23,31H,11-15,30H2,1-2H3. The third-order valence-electron chi connectivity index (χ3n) is 6.42. The van der Waals surface area contributed by atoms with Gasteiger partial charge in [-0.3, -0.25) is 14.5 Å². The zero-order chi connectivity index (χ0) is 28.1. The highest BCUT2D eigenvalue weighted by molar-refractivity contribution is 6.31. The van der Waals surface area contributed by atoms with Crippen LogP contribution in [0, 0.1) is 0 Å². The summed E-state index contributed by atoms with van der Waals surface area (Å²) in [5, 5.41) is 3.42. The lowest BCUT2D eigenvalue weighted by Gasteiger charge is -2.31. The lowest BCUT2D eigenvalue weighted by atomic mass is 9.80. The van der Waals surface area contributed by atoms with Gasteiger partial charge in [0.25, 0.3) is 11.8 Å². The quantitative estimate of drug-likeness (QED) is 0.258. The number of methoxy groups -OCH3 is 1. The minimum absolute atomic E-state index is 0.00512. The van der Waals surface area contributed by atoms with E-state index in [0.29, 0.717) is 33.1 Å². The van der Waals surface area contributed by atoms with Crippen LogP contribution in [0.4, 0.5) is 0 Å². The molecular weight excluding hydrogens is 526 g/mol. The Hall–Kier alpha value is -3.99. The predicted octanol–water partition coefficient (Wildman–Crippen LogP) is 2.54. The van der Waals surface area contributed by atoms with Crippen LogP contribution in [0.15, 0.2) is 71.1 Å². The Balaban J connectivity index is 1.61. The molecule has 0 spiro atoms. The van der Waals surface area contributed by atoms with Gasteiger partial charge < -0.3 is 25.3 Å². The molecule has 2 heterocycles. The van der Waals surface area contributed by atoms with Gasteiger partial charge in [-0.1, -0.05) is 41.9 Å². The second-order valence-corrected chi connectivity index (χ2v) is 9.19. The number of dihydropyridines is 1. The average Bonchev–Trinajstić information content (AvgIpc) is 3.18. The maximum absolute atomic E-state index is 13.3. The molecule has 0 bridgehead atoms. The van der Waals surface area contributed by atoms with Crippen molar-refractivity contribution in [2.75, 3.05) is 40.0 Å². The SMILES string of the molecule is COC(=O)C1=C(C)NC(COCCN2C(=O)c3ccccc3C2=O)=C(C(=O)OCCN)C1c1ccccc1Cl. The number of nitrogens with two attached hydrogens (primary N) is 1. The van der Waals surface area contributed by atoms with E-state index in [1.165, 1.54) is 7.11 Å². The Bertz CT molecular complexity index is 1350. The van der Waals surface area contributed by atoms with Crippen molar-refractivity contribution in [2.45, 2.75) is 12.8 Å². The first-order chi connectivity index (χ1) is 18.8. The lowest BCUT2D eigenvalue weighted by Crippen LogP contribution is -2.36. The predicted molar refractivity (Wildman–Crippen MR) is 142 cm³/mol. The fourth-order valence-electron chi connectivity index (χ4n) is 4.65. The number of esters is 2. The third kappa shape index (κ3) is 5.58. The van der Waals surface area contributed by atoms with E-state index in [1.54, 1.807) is 55.5 Å². The average molecular weight is 554 g/mol. The number of carbonyl (C=O) groups is 4. The van der Waals surface area contributed by atoms with Crippen molar-refractivity contribution in [3.05, 3.63) is 92.8 Å². The fourth-order valence-corrected chi connectivity index (χ4v) is 4.90. The summed E-state index contributed by atoms with van der Waals surface area (Å²) in [5.74, 6) is -3.03. The van der Waals surface area contributed by atoms with Crippen LogP contribution in [0.2, 0.25) is 5.02 Å². The molecule has 3 N–H and O–H groups in total. The van der Waals surface area contributed by atoms with Gasteiger partial charge in [0.05, 0.1) is 60.8 Å². The summed E-state index contributed by atoms with van der Waals surface area (Å²) in [6, 6.07) is 13.5. The minimum atomic E-state index is -0.910. The van der Waals surface area contributed by atoms with Gasteiger partial charge in [-0.05, 0) is 30.7 Å². The van der Waals surface area contributed by atoms with E-state index >= 15 is 0 Å². The van der Waals surface area contributed by atoms with Crippen LogP contribution in [0.5, 0.6) is 0 Å². The maximum Gasteiger partial charge on any atom is 0.336 e. The zero-order valence-corrected chi connectivity index (χ0v) is 22.2. The molecule has 204 valence electrons. The van der Waals surface area contributed by atoms with Gasteiger partial charge in [0.2, 0.25) is 0 Å². The molecule has 0 fully saturated rings. The molecule has 39 heavy (non-hydrogen) atoms. The topological polar surface area (TPSA) is 137 Å². The van der Waals surface area contributed by atoms with Gasteiger partial charge in [-0.25, -0.2) is 9.59 Å². The molecule has 0 saturated carbocycles. The van der Waals surface area contributed by atoms with Crippen LogP contribution in [0.3, 0.4) is 0 Å². The number of imide groups is 1. The van der Waals surface area contributed by atoms with Crippen molar-refractivity contribution in [2.24, 2.45) is 5.73 Å². The normalized spacial score (nSPS) is 16.8. The van der Waals surface area contributed by atoms with E-state index in [2.05, 4.69) is 5.32 Å². The highest BCUT2D eigenvalue weighted by Crippen LogP contribution is 2.41.